The molecule has 1 heterocycles. The van der Waals surface area contributed by atoms with E-state index in [2.05, 4.69) is 0 Å². The molecule has 122 valence electrons. The fourth-order valence-electron chi connectivity index (χ4n) is 2.71. The molecule has 0 aromatic heterocycles. The van der Waals surface area contributed by atoms with E-state index < -0.39 is 22.2 Å². The molecule has 2 aromatic carbocycles. The second-order valence-electron chi connectivity index (χ2n) is 5.54. The van der Waals surface area contributed by atoms with Gasteiger partial charge < -0.3 is 14.1 Å². The summed E-state index contributed by atoms with van der Waals surface area (Å²) in [5, 5.41) is 12.7. The van der Waals surface area contributed by atoms with Gasteiger partial charge in [-0.25, -0.2) is 0 Å². The Bertz CT molecular complexity index is 825. The molecular formula is C16H16NO5S-. The van der Waals surface area contributed by atoms with Crippen molar-refractivity contribution in [3.63, 3.8) is 0 Å². The van der Waals surface area contributed by atoms with Crippen molar-refractivity contribution in [2.75, 3.05) is 13.1 Å². The highest BCUT2D eigenvalue weighted by atomic mass is 32.2. The van der Waals surface area contributed by atoms with Crippen LogP contribution in [0.2, 0.25) is 0 Å². The standard InChI is InChI=1S/C16H17NO5S/c18-16(19)13-7-9-17(10-8-13)23(20,21)22-15-6-5-12-3-1-2-4-14(12)11-15/h1-6,11,13H,7-10H2,(H,18,19)/p-1. The molecule has 2 aromatic rings. The van der Waals surface area contributed by atoms with E-state index >= 15 is 0 Å². The summed E-state index contributed by atoms with van der Waals surface area (Å²) in [6, 6.07) is 12.6. The number of nitrogens with zero attached hydrogens (tertiary/aromatic N) is 1. The molecule has 0 N–H and O–H groups in total. The molecule has 0 spiro atoms. The molecule has 0 bridgehead atoms. The Morgan fingerprint density at radius 3 is 2.39 bits per heavy atom. The van der Waals surface area contributed by atoms with Gasteiger partial charge >= 0.3 is 10.3 Å². The lowest BCUT2D eigenvalue weighted by molar-refractivity contribution is -0.312. The maximum Gasteiger partial charge on any atom is 0.385 e. The normalized spacial score (nSPS) is 17.2. The van der Waals surface area contributed by atoms with Crippen molar-refractivity contribution in [1.82, 2.24) is 4.31 Å². The molecule has 0 aliphatic carbocycles. The smallest absolute Gasteiger partial charge is 0.385 e. The van der Waals surface area contributed by atoms with Crippen molar-refractivity contribution in [2.45, 2.75) is 12.8 Å². The Morgan fingerprint density at radius 1 is 1.09 bits per heavy atom. The van der Waals surface area contributed by atoms with Crippen LogP contribution in [0.1, 0.15) is 12.8 Å². The third-order valence-electron chi connectivity index (χ3n) is 4.03. The zero-order valence-corrected chi connectivity index (χ0v) is 13.2. The maximum atomic E-state index is 12.3. The van der Waals surface area contributed by atoms with Gasteiger partial charge in [-0.05, 0) is 35.7 Å². The van der Waals surface area contributed by atoms with Crippen LogP contribution in [-0.2, 0) is 15.1 Å². The van der Waals surface area contributed by atoms with Gasteiger partial charge in [0.25, 0.3) is 0 Å². The van der Waals surface area contributed by atoms with Crippen LogP contribution >= 0.6 is 0 Å². The van der Waals surface area contributed by atoms with Gasteiger partial charge in [0.15, 0.2) is 0 Å². The Morgan fingerprint density at radius 2 is 1.74 bits per heavy atom. The van der Waals surface area contributed by atoms with Crippen molar-refractivity contribution < 1.29 is 22.5 Å². The summed E-state index contributed by atoms with van der Waals surface area (Å²) in [5.41, 5.74) is 0. The van der Waals surface area contributed by atoms with E-state index in [-0.39, 0.29) is 31.7 Å². The van der Waals surface area contributed by atoms with Gasteiger partial charge in [-0.1, -0.05) is 30.3 Å². The number of rotatable bonds is 4. The van der Waals surface area contributed by atoms with E-state index in [1.54, 1.807) is 18.2 Å². The summed E-state index contributed by atoms with van der Waals surface area (Å²) in [4.78, 5) is 10.8. The Balaban J connectivity index is 1.74. The fourth-order valence-corrected chi connectivity index (χ4v) is 3.82. The number of carboxylic acid groups (broad SMARTS) is 1. The third-order valence-corrected chi connectivity index (χ3v) is 5.43. The maximum absolute atomic E-state index is 12.3. The van der Waals surface area contributed by atoms with E-state index in [1.807, 2.05) is 24.3 Å². The fraction of sp³-hybridized carbons (Fsp3) is 0.312. The van der Waals surface area contributed by atoms with E-state index in [1.165, 1.54) is 4.31 Å². The minimum absolute atomic E-state index is 0.120. The number of aliphatic carboxylic acids is 1. The largest absolute Gasteiger partial charge is 0.550 e. The van der Waals surface area contributed by atoms with Gasteiger partial charge in [-0.3, -0.25) is 0 Å². The molecule has 6 nitrogen and oxygen atoms in total. The second-order valence-corrected chi connectivity index (χ2v) is 7.08. The number of hydrogen-bond donors (Lipinski definition) is 0. The molecular weight excluding hydrogens is 318 g/mol. The van der Waals surface area contributed by atoms with Crippen LogP contribution in [0.3, 0.4) is 0 Å². The van der Waals surface area contributed by atoms with Crippen molar-refractivity contribution >= 4 is 27.0 Å². The minimum Gasteiger partial charge on any atom is -0.550 e. The molecule has 0 saturated carbocycles. The Hall–Kier alpha value is -2.12. The quantitative estimate of drug-likeness (QED) is 0.830. The molecule has 0 atom stereocenters. The molecule has 1 aliphatic heterocycles. The van der Waals surface area contributed by atoms with Gasteiger partial charge in [0, 0.05) is 25.0 Å². The first-order valence-electron chi connectivity index (χ1n) is 7.35. The highest BCUT2D eigenvalue weighted by molar-refractivity contribution is 7.84. The van der Waals surface area contributed by atoms with Gasteiger partial charge in [0.1, 0.15) is 5.75 Å². The first-order valence-corrected chi connectivity index (χ1v) is 8.71. The van der Waals surface area contributed by atoms with Crippen LogP contribution in [-0.4, -0.2) is 31.8 Å². The lowest BCUT2D eigenvalue weighted by Crippen LogP contribution is -2.44. The molecule has 0 amide bonds. The molecule has 7 heteroatoms. The third kappa shape index (κ3) is 3.46. The number of piperidine rings is 1. The molecule has 3 rings (SSSR count). The zero-order valence-electron chi connectivity index (χ0n) is 12.3. The van der Waals surface area contributed by atoms with E-state index in [9.17, 15) is 18.3 Å². The SMILES string of the molecule is O=C([O-])C1CCN(S(=O)(=O)Oc2ccc3ccccc3c2)CC1. The lowest BCUT2D eigenvalue weighted by atomic mass is 9.99. The highest BCUT2D eigenvalue weighted by Gasteiger charge is 2.30. The van der Waals surface area contributed by atoms with Crippen molar-refractivity contribution in [2.24, 2.45) is 5.92 Å². The van der Waals surface area contributed by atoms with E-state index in [0.29, 0.717) is 0 Å². The van der Waals surface area contributed by atoms with Crippen LogP contribution in [0.25, 0.3) is 10.8 Å². The average Bonchev–Trinajstić information content (AvgIpc) is 2.54. The van der Waals surface area contributed by atoms with Gasteiger partial charge in [0.2, 0.25) is 0 Å². The Labute approximate surface area is 134 Å². The second kappa shape index (κ2) is 6.17. The molecule has 0 unspecified atom stereocenters. The summed E-state index contributed by atoms with van der Waals surface area (Å²) in [6.45, 7) is 0.239. The number of fused-ring (bicyclic) bond motifs is 1. The summed E-state index contributed by atoms with van der Waals surface area (Å²) in [5.74, 6) is -1.48. The monoisotopic (exact) mass is 334 g/mol. The number of carboxylic acids is 1. The van der Waals surface area contributed by atoms with Gasteiger partial charge in [-0.15, -0.1) is 0 Å². The number of hydrogen-bond acceptors (Lipinski definition) is 5. The van der Waals surface area contributed by atoms with Crippen LogP contribution in [0.5, 0.6) is 5.75 Å². The number of carbonyl (C=O) groups is 1. The van der Waals surface area contributed by atoms with E-state index in [0.717, 1.165) is 10.8 Å². The molecule has 1 fully saturated rings. The molecule has 1 saturated heterocycles. The first kappa shape index (κ1) is 15.8. The van der Waals surface area contributed by atoms with Crippen molar-refractivity contribution in [1.29, 1.82) is 0 Å². The van der Waals surface area contributed by atoms with Crippen LogP contribution in [0, 0.1) is 5.92 Å². The van der Waals surface area contributed by atoms with Crippen LogP contribution in [0.4, 0.5) is 0 Å². The molecule has 1 aliphatic rings. The van der Waals surface area contributed by atoms with Gasteiger partial charge in [0.05, 0.1) is 0 Å². The van der Waals surface area contributed by atoms with Gasteiger partial charge in [-0.2, -0.15) is 12.7 Å². The number of carbonyl (C=O) groups excluding carboxylic acids is 1. The average molecular weight is 334 g/mol. The summed E-state index contributed by atoms with van der Waals surface area (Å²) in [6.07, 6.45) is 0.477. The van der Waals surface area contributed by atoms with E-state index in [4.69, 9.17) is 4.18 Å². The molecule has 0 radical (unpaired) electrons. The highest BCUT2D eigenvalue weighted by Crippen LogP contribution is 2.24. The lowest BCUT2D eigenvalue weighted by Gasteiger charge is -2.30. The van der Waals surface area contributed by atoms with Crippen molar-refractivity contribution in [3.8, 4) is 5.75 Å². The van der Waals surface area contributed by atoms with Crippen LogP contribution in [0.15, 0.2) is 42.5 Å². The summed E-state index contributed by atoms with van der Waals surface area (Å²) in [7, 11) is -3.93. The zero-order chi connectivity index (χ0) is 16.4. The predicted molar refractivity (Wildman–Crippen MR) is 82.8 cm³/mol. The Kier molecular flexibility index (Phi) is 4.23. The summed E-state index contributed by atoms with van der Waals surface area (Å²) >= 11 is 0. The minimum atomic E-state index is -3.93. The summed E-state index contributed by atoms with van der Waals surface area (Å²) < 4.78 is 31.0. The number of benzene rings is 2. The molecule has 23 heavy (non-hydrogen) atoms. The topological polar surface area (TPSA) is 86.7 Å². The first-order chi connectivity index (χ1) is 11.0. The van der Waals surface area contributed by atoms with Crippen molar-refractivity contribution in [3.05, 3.63) is 42.5 Å². The predicted octanol–water partition coefficient (Wildman–Crippen LogP) is 0.925. The van der Waals surface area contributed by atoms with Crippen LogP contribution < -0.4 is 9.29 Å².